The van der Waals surface area contributed by atoms with Crippen molar-refractivity contribution >= 4 is 0 Å². The van der Waals surface area contributed by atoms with Gasteiger partial charge in [0, 0.05) is 0 Å². The van der Waals surface area contributed by atoms with Crippen molar-refractivity contribution in [2.75, 3.05) is 7.11 Å². The van der Waals surface area contributed by atoms with E-state index < -0.39 is 0 Å². The first kappa shape index (κ1) is 7.28. The van der Waals surface area contributed by atoms with Gasteiger partial charge in [-0.25, -0.2) is 0 Å². The molecular formula is C7H12O. The fourth-order valence-electron chi connectivity index (χ4n) is 0.446. The van der Waals surface area contributed by atoms with Crippen LogP contribution in [0.2, 0.25) is 0 Å². The number of ether oxygens (including phenoxy) is 1. The number of rotatable bonds is 2. The predicted molar refractivity (Wildman–Crippen MR) is 35.6 cm³/mol. The van der Waals surface area contributed by atoms with E-state index in [0.29, 0.717) is 0 Å². The Bertz CT molecular complexity index is 98.2. The Kier molecular flexibility index (Phi) is 4.04. The van der Waals surface area contributed by atoms with Crippen LogP contribution in [0.3, 0.4) is 0 Å². The van der Waals surface area contributed by atoms with Gasteiger partial charge in [-0.1, -0.05) is 6.08 Å². The Morgan fingerprint density at radius 2 is 2.00 bits per heavy atom. The molecule has 0 aliphatic carbocycles. The molecule has 0 fully saturated rings. The number of hydrogen-bond acceptors (Lipinski definition) is 1. The molecule has 0 rings (SSSR count). The third-order valence-corrected chi connectivity index (χ3v) is 0.851. The van der Waals surface area contributed by atoms with Gasteiger partial charge in [0.25, 0.3) is 0 Å². The highest BCUT2D eigenvalue weighted by molar-refractivity contribution is 5.09. The van der Waals surface area contributed by atoms with Crippen LogP contribution in [-0.2, 0) is 4.74 Å². The fraction of sp³-hybridized carbons (Fsp3) is 0.429. The van der Waals surface area contributed by atoms with Gasteiger partial charge in [0.2, 0.25) is 0 Å². The summed E-state index contributed by atoms with van der Waals surface area (Å²) < 4.78 is 4.91. The second-order valence-electron chi connectivity index (χ2n) is 1.40. The van der Waals surface area contributed by atoms with Gasteiger partial charge in [-0.2, -0.15) is 0 Å². The molecule has 46 valence electrons. The minimum atomic E-state index is 0.910. The highest BCUT2D eigenvalue weighted by Gasteiger charge is 1.79. The summed E-state index contributed by atoms with van der Waals surface area (Å²) in [7, 11) is 1.66. The molecule has 0 radical (unpaired) electrons. The molecule has 0 aromatic heterocycles. The van der Waals surface area contributed by atoms with E-state index in [2.05, 4.69) is 0 Å². The molecule has 0 unspecified atom stereocenters. The van der Waals surface area contributed by atoms with Crippen molar-refractivity contribution in [1.29, 1.82) is 0 Å². The van der Waals surface area contributed by atoms with Gasteiger partial charge in [-0.15, -0.1) is 0 Å². The summed E-state index contributed by atoms with van der Waals surface area (Å²) >= 11 is 0. The van der Waals surface area contributed by atoms with Crippen LogP contribution in [0.25, 0.3) is 0 Å². The Labute approximate surface area is 50.7 Å². The summed E-state index contributed by atoms with van der Waals surface area (Å²) in [5.41, 5.74) is 0. The van der Waals surface area contributed by atoms with E-state index in [9.17, 15) is 0 Å². The summed E-state index contributed by atoms with van der Waals surface area (Å²) in [5, 5.41) is 0. The van der Waals surface area contributed by atoms with Gasteiger partial charge < -0.3 is 4.74 Å². The standard InChI is InChI=1S/C7H12O/c1-4-6-7(5-2)8-3/h4-6H,1-3H3/b6-4+,7-5+. The van der Waals surface area contributed by atoms with Crippen molar-refractivity contribution < 1.29 is 4.74 Å². The molecule has 0 spiro atoms. The van der Waals surface area contributed by atoms with E-state index in [1.165, 1.54) is 0 Å². The Morgan fingerprint density at radius 1 is 1.38 bits per heavy atom. The highest BCUT2D eigenvalue weighted by Crippen LogP contribution is 1.94. The van der Waals surface area contributed by atoms with E-state index in [-0.39, 0.29) is 0 Å². The van der Waals surface area contributed by atoms with Crippen LogP contribution in [-0.4, -0.2) is 7.11 Å². The molecule has 8 heavy (non-hydrogen) atoms. The maximum Gasteiger partial charge on any atom is 0.114 e. The Balaban J connectivity index is 3.72. The average molecular weight is 112 g/mol. The second-order valence-corrected chi connectivity index (χ2v) is 1.40. The van der Waals surface area contributed by atoms with Crippen LogP contribution < -0.4 is 0 Å². The van der Waals surface area contributed by atoms with Gasteiger partial charge in [-0.05, 0) is 26.0 Å². The first-order chi connectivity index (χ1) is 3.85. The molecule has 0 aromatic carbocycles. The Morgan fingerprint density at radius 3 is 2.12 bits per heavy atom. The zero-order valence-corrected chi connectivity index (χ0v) is 5.64. The largest absolute Gasteiger partial charge is 0.497 e. The molecule has 0 atom stereocenters. The summed E-state index contributed by atoms with van der Waals surface area (Å²) in [6, 6.07) is 0. The van der Waals surface area contributed by atoms with E-state index in [0.717, 1.165) is 5.76 Å². The van der Waals surface area contributed by atoms with Gasteiger partial charge >= 0.3 is 0 Å². The first-order valence-corrected chi connectivity index (χ1v) is 2.68. The lowest BCUT2D eigenvalue weighted by atomic mass is 10.4. The van der Waals surface area contributed by atoms with Crippen LogP contribution in [0.1, 0.15) is 13.8 Å². The molecule has 0 aromatic rings. The lowest BCUT2D eigenvalue weighted by Crippen LogP contribution is -1.77. The monoisotopic (exact) mass is 112 g/mol. The third-order valence-electron chi connectivity index (χ3n) is 0.851. The molecule has 0 saturated carbocycles. The normalized spacial score (nSPS) is 12.6. The molecule has 0 aliphatic rings. The SMILES string of the molecule is C/C=C/C(=C\C)OC. The fourth-order valence-corrected chi connectivity index (χ4v) is 0.446. The molecule has 1 nitrogen and oxygen atoms in total. The number of hydrogen-bond donors (Lipinski definition) is 0. The molecule has 0 amide bonds. The van der Waals surface area contributed by atoms with Crippen molar-refractivity contribution in [3.05, 3.63) is 24.0 Å². The van der Waals surface area contributed by atoms with E-state index in [1.54, 1.807) is 7.11 Å². The maximum absolute atomic E-state index is 4.91. The van der Waals surface area contributed by atoms with Crippen LogP contribution in [0.15, 0.2) is 24.0 Å². The summed E-state index contributed by atoms with van der Waals surface area (Å²) in [5.74, 6) is 0.910. The highest BCUT2D eigenvalue weighted by atomic mass is 16.5. The summed E-state index contributed by atoms with van der Waals surface area (Å²) in [4.78, 5) is 0. The second kappa shape index (κ2) is 4.44. The molecular weight excluding hydrogens is 100 g/mol. The summed E-state index contributed by atoms with van der Waals surface area (Å²) in [6.45, 7) is 3.90. The maximum atomic E-state index is 4.91. The lowest BCUT2D eigenvalue weighted by molar-refractivity contribution is 0.306. The minimum Gasteiger partial charge on any atom is -0.497 e. The zero-order valence-electron chi connectivity index (χ0n) is 5.64. The van der Waals surface area contributed by atoms with Crippen LogP contribution in [0.5, 0.6) is 0 Å². The van der Waals surface area contributed by atoms with Crippen LogP contribution >= 0.6 is 0 Å². The number of allylic oxidation sites excluding steroid dienone is 3. The molecule has 0 aliphatic heterocycles. The molecule has 0 bridgehead atoms. The van der Waals surface area contributed by atoms with E-state index in [4.69, 9.17) is 4.74 Å². The van der Waals surface area contributed by atoms with Crippen LogP contribution in [0, 0.1) is 0 Å². The van der Waals surface area contributed by atoms with Crippen molar-refractivity contribution in [2.45, 2.75) is 13.8 Å². The molecule has 0 saturated heterocycles. The van der Waals surface area contributed by atoms with Crippen LogP contribution in [0.4, 0.5) is 0 Å². The lowest BCUT2D eigenvalue weighted by Gasteiger charge is -1.94. The third kappa shape index (κ3) is 2.45. The molecule has 0 heterocycles. The van der Waals surface area contributed by atoms with Crippen molar-refractivity contribution in [3.8, 4) is 0 Å². The van der Waals surface area contributed by atoms with E-state index >= 15 is 0 Å². The van der Waals surface area contributed by atoms with E-state index in [1.807, 2.05) is 32.1 Å². The van der Waals surface area contributed by atoms with Gasteiger partial charge in [-0.3, -0.25) is 0 Å². The smallest absolute Gasteiger partial charge is 0.114 e. The predicted octanol–water partition coefficient (Wildman–Crippen LogP) is 2.11. The zero-order chi connectivity index (χ0) is 6.41. The Hall–Kier alpha value is -0.720. The van der Waals surface area contributed by atoms with Gasteiger partial charge in [0.05, 0.1) is 7.11 Å². The summed E-state index contributed by atoms with van der Waals surface area (Å²) in [6.07, 6.45) is 5.78. The van der Waals surface area contributed by atoms with Gasteiger partial charge in [0.1, 0.15) is 5.76 Å². The average Bonchev–Trinajstić information content (AvgIpc) is 1.83. The first-order valence-electron chi connectivity index (χ1n) is 2.68. The molecule has 1 heteroatoms. The van der Waals surface area contributed by atoms with Crippen molar-refractivity contribution in [1.82, 2.24) is 0 Å². The number of methoxy groups -OCH3 is 1. The minimum absolute atomic E-state index is 0.910. The molecule has 0 N–H and O–H groups in total. The van der Waals surface area contributed by atoms with Crippen molar-refractivity contribution in [2.24, 2.45) is 0 Å². The quantitative estimate of drug-likeness (QED) is 0.392. The topological polar surface area (TPSA) is 9.23 Å². The van der Waals surface area contributed by atoms with Crippen molar-refractivity contribution in [3.63, 3.8) is 0 Å². The van der Waals surface area contributed by atoms with Gasteiger partial charge in [0.15, 0.2) is 0 Å².